The predicted molar refractivity (Wildman–Crippen MR) is 59.7 cm³/mol. The van der Waals surface area contributed by atoms with Crippen molar-refractivity contribution in [2.24, 2.45) is 0 Å². The second-order valence-corrected chi connectivity index (χ2v) is 4.16. The van der Waals surface area contributed by atoms with Crippen molar-refractivity contribution in [1.82, 2.24) is 14.9 Å². The van der Waals surface area contributed by atoms with Crippen LogP contribution in [0.2, 0.25) is 0 Å². The van der Waals surface area contributed by atoms with E-state index in [9.17, 15) is 5.11 Å². The van der Waals surface area contributed by atoms with E-state index in [1.807, 2.05) is 19.0 Å². The molecule has 1 aromatic heterocycles. The molecule has 0 spiro atoms. The highest BCUT2D eigenvalue weighted by Crippen LogP contribution is 2.05. The Labute approximate surface area is 90.2 Å². The molecule has 0 radical (unpaired) electrons. The molecule has 1 atom stereocenters. The minimum Gasteiger partial charge on any atom is -0.387 e. The van der Waals surface area contributed by atoms with Crippen molar-refractivity contribution in [3.8, 4) is 0 Å². The highest BCUT2D eigenvalue weighted by Gasteiger charge is 2.21. The molecule has 0 aliphatic carbocycles. The van der Waals surface area contributed by atoms with Crippen LogP contribution in [0, 0.1) is 0 Å². The monoisotopic (exact) mass is 210 g/mol. The lowest BCUT2D eigenvalue weighted by Gasteiger charge is -2.26. The first-order chi connectivity index (χ1) is 6.99. The molecule has 84 valence electrons. The zero-order valence-corrected chi connectivity index (χ0v) is 9.44. The molecule has 0 aliphatic rings. The smallest absolute Gasteiger partial charge is 0.222 e. The Morgan fingerprint density at radius 3 is 2.53 bits per heavy atom. The lowest BCUT2D eigenvalue weighted by Crippen LogP contribution is -2.43. The van der Waals surface area contributed by atoms with Gasteiger partial charge in [-0.15, -0.1) is 0 Å². The summed E-state index contributed by atoms with van der Waals surface area (Å²) >= 11 is 0. The van der Waals surface area contributed by atoms with Gasteiger partial charge < -0.3 is 15.3 Å². The molecule has 1 aromatic rings. The first-order valence-corrected chi connectivity index (χ1v) is 4.88. The minimum atomic E-state index is -0.789. The zero-order chi connectivity index (χ0) is 11.3. The maximum atomic E-state index is 9.99. The molecular formula is C10H18N4O. The van der Waals surface area contributed by atoms with E-state index >= 15 is 0 Å². The van der Waals surface area contributed by atoms with E-state index in [0.29, 0.717) is 19.0 Å². The Bertz CT molecular complexity index is 287. The highest BCUT2D eigenvalue weighted by atomic mass is 16.3. The first kappa shape index (κ1) is 11.9. The van der Waals surface area contributed by atoms with Gasteiger partial charge in [-0.05, 0) is 27.1 Å². The van der Waals surface area contributed by atoms with Gasteiger partial charge in [-0.3, -0.25) is 0 Å². The molecule has 0 bridgehead atoms. The maximum absolute atomic E-state index is 9.99. The molecule has 15 heavy (non-hydrogen) atoms. The molecule has 2 N–H and O–H groups in total. The Hall–Kier alpha value is -1.20. The first-order valence-electron chi connectivity index (χ1n) is 4.88. The summed E-state index contributed by atoms with van der Waals surface area (Å²) in [5, 5.41) is 13.0. The van der Waals surface area contributed by atoms with Crippen LogP contribution in [-0.2, 0) is 0 Å². The average Bonchev–Trinajstić information content (AvgIpc) is 2.15. The molecule has 5 heteroatoms. The van der Waals surface area contributed by atoms with Crippen molar-refractivity contribution in [2.45, 2.75) is 12.5 Å². The van der Waals surface area contributed by atoms with E-state index in [1.54, 1.807) is 25.4 Å². The number of nitrogens with one attached hydrogen (secondary N) is 1. The van der Waals surface area contributed by atoms with Gasteiger partial charge >= 0.3 is 0 Å². The lowest BCUT2D eigenvalue weighted by atomic mass is 10.1. The Balaban J connectivity index is 2.42. The highest BCUT2D eigenvalue weighted by molar-refractivity contribution is 5.22. The van der Waals surface area contributed by atoms with Crippen LogP contribution in [-0.4, -0.2) is 52.8 Å². The molecule has 0 aliphatic heterocycles. The SMILES string of the molecule is CN(C)CC(C)(O)CNc1ncccn1. The van der Waals surface area contributed by atoms with E-state index in [1.165, 1.54) is 0 Å². The summed E-state index contributed by atoms with van der Waals surface area (Å²) in [5.74, 6) is 0.538. The minimum absolute atomic E-state index is 0.426. The molecule has 0 saturated carbocycles. The summed E-state index contributed by atoms with van der Waals surface area (Å²) in [6, 6.07) is 1.75. The van der Waals surface area contributed by atoms with Crippen LogP contribution in [0.5, 0.6) is 0 Å². The Morgan fingerprint density at radius 1 is 1.40 bits per heavy atom. The predicted octanol–water partition coefficient (Wildman–Crippen LogP) is 0.201. The number of aromatic nitrogens is 2. The molecule has 1 heterocycles. The fourth-order valence-electron chi connectivity index (χ4n) is 1.40. The topological polar surface area (TPSA) is 61.3 Å². The molecule has 0 amide bonds. The number of rotatable bonds is 5. The average molecular weight is 210 g/mol. The van der Waals surface area contributed by atoms with Gasteiger partial charge in [0.15, 0.2) is 0 Å². The van der Waals surface area contributed by atoms with Crippen LogP contribution in [0.1, 0.15) is 6.92 Å². The number of hydrogen-bond donors (Lipinski definition) is 2. The third-order valence-corrected chi connectivity index (χ3v) is 1.85. The zero-order valence-electron chi connectivity index (χ0n) is 9.44. The van der Waals surface area contributed by atoms with Crippen molar-refractivity contribution in [2.75, 3.05) is 32.5 Å². The van der Waals surface area contributed by atoms with Gasteiger partial charge in [0.25, 0.3) is 0 Å². The van der Waals surface area contributed by atoms with E-state index in [0.717, 1.165) is 0 Å². The van der Waals surface area contributed by atoms with Gasteiger partial charge in [0.1, 0.15) is 0 Å². The van der Waals surface area contributed by atoms with Gasteiger partial charge in [-0.2, -0.15) is 0 Å². The van der Waals surface area contributed by atoms with Crippen molar-refractivity contribution < 1.29 is 5.11 Å². The third-order valence-electron chi connectivity index (χ3n) is 1.85. The summed E-state index contributed by atoms with van der Waals surface area (Å²) < 4.78 is 0. The van der Waals surface area contributed by atoms with Gasteiger partial charge in [-0.1, -0.05) is 0 Å². The summed E-state index contributed by atoms with van der Waals surface area (Å²) in [4.78, 5) is 9.97. The van der Waals surface area contributed by atoms with Gasteiger partial charge in [-0.25, -0.2) is 9.97 Å². The largest absolute Gasteiger partial charge is 0.387 e. The molecule has 5 nitrogen and oxygen atoms in total. The number of anilines is 1. The van der Waals surface area contributed by atoms with Crippen LogP contribution >= 0.6 is 0 Å². The molecule has 1 rings (SSSR count). The number of hydrogen-bond acceptors (Lipinski definition) is 5. The molecule has 0 aromatic carbocycles. The van der Waals surface area contributed by atoms with Crippen LogP contribution in [0.4, 0.5) is 5.95 Å². The van der Waals surface area contributed by atoms with E-state index < -0.39 is 5.60 Å². The number of aliphatic hydroxyl groups is 1. The summed E-state index contributed by atoms with van der Waals surface area (Å²) in [6.07, 6.45) is 3.33. The number of likely N-dealkylation sites (N-methyl/N-ethyl adjacent to an activating group) is 1. The Kier molecular flexibility index (Phi) is 3.99. The van der Waals surface area contributed by atoms with Crippen molar-refractivity contribution in [3.05, 3.63) is 18.5 Å². The van der Waals surface area contributed by atoms with E-state index in [2.05, 4.69) is 15.3 Å². The fraction of sp³-hybridized carbons (Fsp3) is 0.600. The van der Waals surface area contributed by atoms with Gasteiger partial charge in [0.2, 0.25) is 5.95 Å². The molecule has 0 fully saturated rings. The summed E-state index contributed by atoms with van der Waals surface area (Å²) in [5.41, 5.74) is -0.789. The lowest BCUT2D eigenvalue weighted by molar-refractivity contribution is 0.0458. The fourth-order valence-corrected chi connectivity index (χ4v) is 1.40. The molecule has 1 unspecified atom stereocenters. The quantitative estimate of drug-likeness (QED) is 0.727. The normalized spacial score (nSPS) is 15.0. The number of nitrogens with zero attached hydrogens (tertiary/aromatic N) is 3. The van der Waals surface area contributed by atoms with Crippen molar-refractivity contribution >= 4 is 5.95 Å². The van der Waals surface area contributed by atoms with Crippen LogP contribution in [0.25, 0.3) is 0 Å². The van der Waals surface area contributed by atoms with Gasteiger partial charge in [0, 0.05) is 25.5 Å². The van der Waals surface area contributed by atoms with Crippen molar-refractivity contribution in [3.63, 3.8) is 0 Å². The maximum Gasteiger partial charge on any atom is 0.222 e. The third kappa shape index (κ3) is 4.71. The molecule has 0 saturated heterocycles. The second-order valence-electron chi connectivity index (χ2n) is 4.16. The van der Waals surface area contributed by atoms with Crippen LogP contribution < -0.4 is 5.32 Å². The van der Waals surface area contributed by atoms with Crippen LogP contribution in [0.15, 0.2) is 18.5 Å². The van der Waals surface area contributed by atoms with E-state index in [-0.39, 0.29) is 0 Å². The Morgan fingerprint density at radius 2 is 2.00 bits per heavy atom. The van der Waals surface area contributed by atoms with Gasteiger partial charge in [0.05, 0.1) is 5.60 Å². The van der Waals surface area contributed by atoms with Crippen LogP contribution in [0.3, 0.4) is 0 Å². The van der Waals surface area contributed by atoms with E-state index in [4.69, 9.17) is 0 Å². The summed E-state index contributed by atoms with van der Waals surface area (Å²) in [7, 11) is 3.85. The van der Waals surface area contributed by atoms with Crippen molar-refractivity contribution in [1.29, 1.82) is 0 Å². The second kappa shape index (κ2) is 5.04. The molecular weight excluding hydrogens is 192 g/mol. The standard InChI is InChI=1S/C10H18N4O/c1-10(15,8-14(2)3)7-13-9-11-5-4-6-12-9/h4-6,15H,7-8H2,1-3H3,(H,11,12,13). The summed E-state index contributed by atoms with van der Waals surface area (Å²) in [6.45, 7) is 2.80.